The number of ether oxygens (including phenoxy) is 2. The molecule has 0 radical (unpaired) electrons. The van der Waals surface area contributed by atoms with Gasteiger partial charge in [0.2, 0.25) is 5.91 Å². The molecule has 0 aliphatic carbocycles. The summed E-state index contributed by atoms with van der Waals surface area (Å²) in [6.45, 7) is -0.336. The highest BCUT2D eigenvalue weighted by atomic mass is 32.2. The Morgan fingerprint density at radius 3 is 2.69 bits per heavy atom. The van der Waals surface area contributed by atoms with Crippen molar-refractivity contribution in [3.63, 3.8) is 0 Å². The Morgan fingerprint density at radius 1 is 1.25 bits per heavy atom. The fraction of sp³-hybridized carbons (Fsp3) is 0.318. The van der Waals surface area contributed by atoms with Crippen molar-refractivity contribution in [1.29, 1.82) is 0 Å². The van der Waals surface area contributed by atoms with E-state index in [0.29, 0.717) is 17.1 Å². The molecule has 1 fully saturated rings. The number of hydrogen-bond donors (Lipinski definition) is 2. The number of methoxy groups -OCH3 is 1. The van der Waals surface area contributed by atoms with Crippen LogP contribution in [0.2, 0.25) is 0 Å². The van der Waals surface area contributed by atoms with Crippen LogP contribution >= 0.6 is 23.1 Å². The zero-order chi connectivity index (χ0) is 22.7. The van der Waals surface area contributed by atoms with Gasteiger partial charge in [-0.1, -0.05) is 18.2 Å². The van der Waals surface area contributed by atoms with E-state index in [0.717, 1.165) is 10.4 Å². The van der Waals surface area contributed by atoms with E-state index in [9.17, 15) is 19.5 Å². The SMILES string of the molecule is COc1ccc(COC(=O)C2=C(CO)CS[C@@H]3C(NC(=O)Cc4cccs4)C(=O)N23)cc1. The fourth-order valence-electron chi connectivity index (χ4n) is 3.53. The van der Waals surface area contributed by atoms with Crippen LogP contribution in [-0.4, -0.2) is 58.7 Å². The molecule has 2 aliphatic heterocycles. The molecule has 168 valence electrons. The van der Waals surface area contributed by atoms with Gasteiger partial charge in [0.05, 0.1) is 20.1 Å². The fourth-order valence-corrected chi connectivity index (χ4v) is 5.57. The Hall–Kier alpha value is -2.82. The predicted molar refractivity (Wildman–Crippen MR) is 120 cm³/mol. The Labute approximate surface area is 193 Å². The average molecular weight is 475 g/mol. The number of nitrogens with one attached hydrogen (secondary N) is 1. The maximum absolute atomic E-state index is 12.8. The molecule has 1 aromatic heterocycles. The quantitative estimate of drug-likeness (QED) is 0.443. The summed E-state index contributed by atoms with van der Waals surface area (Å²) >= 11 is 2.88. The lowest BCUT2D eigenvalue weighted by Gasteiger charge is -2.49. The van der Waals surface area contributed by atoms with E-state index in [1.54, 1.807) is 31.4 Å². The number of β-lactam (4-membered cyclic amide) rings is 1. The van der Waals surface area contributed by atoms with E-state index in [1.165, 1.54) is 28.0 Å². The normalized spacial score (nSPS) is 19.8. The van der Waals surface area contributed by atoms with Crippen LogP contribution in [-0.2, 0) is 32.1 Å². The number of esters is 1. The van der Waals surface area contributed by atoms with E-state index in [4.69, 9.17) is 9.47 Å². The smallest absolute Gasteiger partial charge is 0.355 e. The Balaban J connectivity index is 1.41. The first kappa shape index (κ1) is 22.4. The summed E-state index contributed by atoms with van der Waals surface area (Å²) in [6.07, 6.45) is 0.202. The van der Waals surface area contributed by atoms with Gasteiger partial charge in [-0.15, -0.1) is 23.1 Å². The Kier molecular flexibility index (Phi) is 6.83. The van der Waals surface area contributed by atoms with Crippen LogP contribution in [0, 0.1) is 0 Å². The average Bonchev–Trinajstić information content (AvgIpc) is 3.33. The van der Waals surface area contributed by atoms with E-state index in [2.05, 4.69) is 5.32 Å². The third-order valence-electron chi connectivity index (χ3n) is 5.19. The van der Waals surface area contributed by atoms with Gasteiger partial charge in [0, 0.05) is 10.6 Å². The summed E-state index contributed by atoms with van der Waals surface area (Å²) in [5.74, 6) is -0.242. The van der Waals surface area contributed by atoms with Crippen LogP contribution in [0.3, 0.4) is 0 Å². The number of hydrogen-bond acceptors (Lipinski definition) is 8. The molecule has 0 spiro atoms. The maximum Gasteiger partial charge on any atom is 0.355 e. The zero-order valence-corrected chi connectivity index (χ0v) is 18.9. The summed E-state index contributed by atoms with van der Waals surface area (Å²) in [7, 11) is 1.57. The summed E-state index contributed by atoms with van der Waals surface area (Å²) in [5, 5.41) is 14.0. The lowest BCUT2D eigenvalue weighted by molar-refractivity contribution is -0.153. The van der Waals surface area contributed by atoms with Gasteiger partial charge < -0.3 is 19.9 Å². The molecule has 32 heavy (non-hydrogen) atoms. The van der Waals surface area contributed by atoms with Crippen molar-refractivity contribution in [1.82, 2.24) is 10.2 Å². The Bertz CT molecular complexity index is 1040. The maximum atomic E-state index is 12.8. The molecule has 2 aromatic rings. The number of thiophene rings is 1. The number of fused-ring (bicyclic) bond motifs is 1. The predicted octanol–water partition coefficient (Wildman–Crippen LogP) is 1.69. The largest absolute Gasteiger partial charge is 0.497 e. The molecule has 1 aromatic carbocycles. The van der Waals surface area contributed by atoms with Crippen molar-refractivity contribution in [2.24, 2.45) is 0 Å². The number of benzene rings is 1. The minimum absolute atomic E-state index is 0.0197. The summed E-state index contributed by atoms with van der Waals surface area (Å²) in [4.78, 5) is 40.2. The molecule has 2 N–H and O–H groups in total. The molecule has 4 rings (SSSR count). The number of nitrogens with zero attached hydrogens (tertiary/aromatic N) is 1. The van der Waals surface area contributed by atoms with Gasteiger partial charge in [0.1, 0.15) is 29.5 Å². The van der Waals surface area contributed by atoms with Crippen LogP contribution in [0.1, 0.15) is 10.4 Å². The minimum Gasteiger partial charge on any atom is -0.497 e. The van der Waals surface area contributed by atoms with Crippen molar-refractivity contribution in [3.05, 3.63) is 63.5 Å². The van der Waals surface area contributed by atoms with Gasteiger partial charge in [-0.3, -0.25) is 14.5 Å². The molecule has 3 heterocycles. The first-order valence-corrected chi connectivity index (χ1v) is 11.8. The molecule has 1 unspecified atom stereocenters. The third kappa shape index (κ3) is 4.52. The van der Waals surface area contributed by atoms with Crippen molar-refractivity contribution < 1.29 is 29.0 Å². The van der Waals surface area contributed by atoms with Crippen molar-refractivity contribution >= 4 is 40.9 Å². The van der Waals surface area contributed by atoms with Crippen LogP contribution in [0.5, 0.6) is 5.75 Å². The lowest BCUT2D eigenvalue weighted by atomic mass is 10.0. The number of carbonyl (C=O) groups excluding carboxylic acids is 3. The third-order valence-corrected chi connectivity index (χ3v) is 7.41. The van der Waals surface area contributed by atoms with Crippen LogP contribution < -0.4 is 10.1 Å². The number of carbonyl (C=O) groups is 3. The van der Waals surface area contributed by atoms with Crippen LogP contribution in [0.15, 0.2) is 53.0 Å². The van der Waals surface area contributed by atoms with E-state index in [1.807, 2.05) is 17.5 Å². The molecule has 0 saturated carbocycles. The molecule has 8 nitrogen and oxygen atoms in total. The first-order valence-electron chi connectivity index (χ1n) is 9.91. The molecular weight excluding hydrogens is 452 g/mol. The van der Waals surface area contributed by atoms with Crippen molar-refractivity contribution in [2.75, 3.05) is 19.5 Å². The molecule has 2 amide bonds. The highest BCUT2D eigenvalue weighted by Crippen LogP contribution is 2.40. The molecular formula is C22H22N2O6S2. The standard InChI is InChI=1S/C22H22N2O6S2/c1-29-15-6-4-13(5-7-15)11-30-22(28)19-14(10-25)12-32-21-18(20(27)24(19)21)23-17(26)9-16-3-2-8-31-16/h2-8,18,21,25H,9-12H2,1H3,(H,23,26)/t18?,21-/m1/s1. The number of thioether (sulfide) groups is 1. The van der Waals surface area contributed by atoms with Gasteiger partial charge in [-0.05, 0) is 34.7 Å². The second-order valence-corrected chi connectivity index (χ2v) is 9.38. The molecule has 2 aliphatic rings. The van der Waals surface area contributed by atoms with Gasteiger partial charge in [-0.25, -0.2) is 4.79 Å². The number of amides is 2. The highest BCUT2D eigenvalue weighted by molar-refractivity contribution is 8.00. The van der Waals surface area contributed by atoms with E-state index in [-0.39, 0.29) is 37.1 Å². The van der Waals surface area contributed by atoms with E-state index < -0.39 is 17.4 Å². The second-order valence-electron chi connectivity index (χ2n) is 7.25. The monoisotopic (exact) mass is 474 g/mol. The summed E-state index contributed by atoms with van der Waals surface area (Å²) < 4.78 is 10.5. The number of rotatable bonds is 8. The molecule has 2 atom stereocenters. The van der Waals surface area contributed by atoms with Gasteiger partial charge >= 0.3 is 5.97 Å². The highest BCUT2D eigenvalue weighted by Gasteiger charge is 2.54. The summed E-state index contributed by atoms with van der Waals surface area (Å²) in [5.41, 5.74) is 1.27. The lowest BCUT2D eigenvalue weighted by Crippen LogP contribution is -2.70. The number of aliphatic hydroxyl groups excluding tert-OH is 1. The van der Waals surface area contributed by atoms with Gasteiger partial charge in [-0.2, -0.15) is 0 Å². The molecule has 0 bridgehead atoms. The molecule has 1 saturated heterocycles. The number of aliphatic hydroxyl groups is 1. The topological polar surface area (TPSA) is 105 Å². The van der Waals surface area contributed by atoms with Crippen LogP contribution in [0.4, 0.5) is 0 Å². The molecule has 10 heteroatoms. The summed E-state index contributed by atoms with van der Waals surface area (Å²) in [6, 6.07) is 10.1. The van der Waals surface area contributed by atoms with Gasteiger partial charge in [0.15, 0.2) is 0 Å². The minimum atomic E-state index is -0.711. The first-order chi connectivity index (χ1) is 15.5. The second kappa shape index (κ2) is 9.76. The van der Waals surface area contributed by atoms with Crippen LogP contribution in [0.25, 0.3) is 0 Å². The van der Waals surface area contributed by atoms with Crippen molar-refractivity contribution in [3.8, 4) is 5.75 Å². The van der Waals surface area contributed by atoms with E-state index >= 15 is 0 Å². The van der Waals surface area contributed by atoms with Gasteiger partial charge in [0.25, 0.3) is 5.91 Å². The zero-order valence-electron chi connectivity index (χ0n) is 17.3. The van der Waals surface area contributed by atoms with Crippen molar-refractivity contribution in [2.45, 2.75) is 24.4 Å². The Morgan fingerprint density at radius 2 is 2.03 bits per heavy atom.